The zero-order valence-electron chi connectivity index (χ0n) is 19.2. The molecule has 0 fully saturated rings. The summed E-state index contributed by atoms with van der Waals surface area (Å²) in [6.07, 6.45) is 0.588. The highest BCUT2D eigenvalue weighted by Crippen LogP contribution is 2.45. The molecular formula is C27H26O9. The van der Waals surface area contributed by atoms with Crippen LogP contribution in [0, 0.1) is 0 Å². The van der Waals surface area contributed by atoms with Gasteiger partial charge >= 0.3 is 0 Å². The van der Waals surface area contributed by atoms with E-state index >= 15 is 0 Å². The summed E-state index contributed by atoms with van der Waals surface area (Å²) >= 11 is 0. The van der Waals surface area contributed by atoms with E-state index < -0.39 is 24.4 Å². The number of ether oxygens (including phenoxy) is 4. The number of aromatic hydroxyl groups is 2. The molecule has 9 nitrogen and oxygen atoms in total. The molecule has 0 aliphatic carbocycles. The van der Waals surface area contributed by atoms with E-state index in [0.717, 1.165) is 5.56 Å². The van der Waals surface area contributed by atoms with E-state index in [1.807, 2.05) is 6.07 Å². The summed E-state index contributed by atoms with van der Waals surface area (Å²) in [5.41, 5.74) is 2.04. The second-order valence-corrected chi connectivity index (χ2v) is 8.50. The maximum absolute atomic E-state index is 9.97. The van der Waals surface area contributed by atoms with Crippen LogP contribution in [0.1, 0.15) is 28.9 Å². The van der Waals surface area contributed by atoms with Gasteiger partial charge in [0.25, 0.3) is 0 Å². The highest BCUT2D eigenvalue weighted by atomic mass is 16.6. The Morgan fingerprint density at radius 2 is 1.19 bits per heavy atom. The van der Waals surface area contributed by atoms with E-state index in [1.165, 1.54) is 12.1 Å². The largest absolute Gasteiger partial charge is 0.504 e. The lowest BCUT2D eigenvalue weighted by Crippen LogP contribution is -2.37. The molecule has 0 bridgehead atoms. The van der Waals surface area contributed by atoms with Crippen LogP contribution in [0.4, 0.5) is 0 Å². The first-order valence-electron chi connectivity index (χ1n) is 11.5. The Balaban J connectivity index is 1.43. The van der Waals surface area contributed by atoms with E-state index in [9.17, 15) is 20.4 Å². The summed E-state index contributed by atoms with van der Waals surface area (Å²) in [5, 5.41) is 48.4. The van der Waals surface area contributed by atoms with Gasteiger partial charge in [0.2, 0.25) is 0 Å². The molecule has 2 aliphatic rings. The Kier molecular flexibility index (Phi) is 6.60. The van der Waals surface area contributed by atoms with Crippen molar-refractivity contribution in [3.63, 3.8) is 0 Å². The van der Waals surface area contributed by atoms with Crippen LogP contribution in [-0.4, -0.2) is 57.6 Å². The van der Waals surface area contributed by atoms with Gasteiger partial charge in [-0.2, -0.15) is 0 Å². The van der Waals surface area contributed by atoms with E-state index in [-0.39, 0.29) is 31.3 Å². The Hall–Kier alpha value is -3.92. The first-order chi connectivity index (χ1) is 17.5. The maximum Gasteiger partial charge on any atom is 0.163 e. The van der Waals surface area contributed by atoms with Gasteiger partial charge in [0.15, 0.2) is 58.9 Å². The van der Waals surface area contributed by atoms with E-state index in [0.29, 0.717) is 34.1 Å². The van der Waals surface area contributed by atoms with Crippen molar-refractivity contribution < 1.29 is 44.5 Å². The normalized spacial score (nSPS) is 22.5. The molecule has 0 radical (unpaired) electrons. The van der Waals surface area contributed by atoms with Crippen LogP contribution in [0.5, 0.6) is 34.5 Å². The van der Waals surface area contributed by atoms with Gasteiger partial charge in [-0.1, -0.05) is 30.4 Å². The minimum Gasteiger partial charge on any atom is -0.504 e. The zero-order chi connectivity index (χ0) is 25.2. The van der Waals surface area contributed by atoms with Crippen LogP contribution < -0.4 is 18.9 Å². The Morgan fingerprint density at radius 1 is 0.611 bits per heavy atom. The molecule has 9 heteroatoms. The molecule has 0 aromatic heterocycles. The molecule has 2 aliphatic heterocycles. The van der Waals surface area contributed by atoms with Gasteiger partial charge in [0.05, 0.1) is 19.8 Å². The minimum absolute atomic E-state index is 0.0789. The number of hydrogen-bond donors (Lipinski definition) is 5. The van der Waals surface area contributed by atoms with Crippen molar-refractivity contribution in [2.24, 2.45) is 0 Å². The van der Waals surface area contributed by atoms with Crippen molar-refractivity contribution in [1.82, 2.24) is 0 Å². The van der Waals surface area contributed by atoms with Gasteiger partial charge in [0.1, 0.15) is 0 Å². The predicted molar refractivity (Wildman–Crippen MR) is 129 cm³/mol. The summed E-state index contributed by atoms with van der Waals surface area (Å²) in [4.78, 5) is 0. The molecule has 36 heavy (non-hydrogen) atoms. The average Bonchev–Trinajstić information content (AvgIpc) is 2.91. The fraction of sp³-hybridized carbons (Fsp3) is 0.259. The van der Waals surface area contributed by atoms with Crippen LogP contribution in [0.3, 0.4) is 0 Å². The number of benzene rings is 3. The number of rotatable bonds is 6. The Labute approximate surface area is 207 Å². The maximum atomic E-state index is 9.97. The Morgan fingerprint density at radius 3 is 1.89 bits per heavy atom. The third kappa shape index (κ3) is 4.51. The second kappa shape index (κ2) is 9.98. The molecule has 0 spiro atoms. The minimum atomic E-state index is -0.768. The van der Waals surface area contributed by atoms with Crippen LogP contribution in [0.25, 0.3) is 6.08 Å². The number of fused-ring (bicyclic) bond motifs is 2. The monoisotopic (exact) mass is 494 g/mol. The van der Waals surface area contributed by atoms with Crippen molar-refractivity contribution in [3.8, 4) is 34.5 Å². The number of phenolic OH excluding ortho intramolecular Hbond substituents is 2. The second-order valence-electron chi connectivity index (χ2n) is 8.50. The Bertz CT molecular complexity index is 1270. The molecule has 0 amide bonds. The molecule has 0 saturated heterocycles. The fourth-order valence-corrected chi connectivity index (χ4v) is 4.32. The quantitative estimate of drug-likeness (QED) is 0.328. The lowest BCUT2D eigenvalue weighted by molar-refractivity contribution is -0.0174. The standard InChI is InChI=1S/C27H26O9/c28-9-1-2-15-3-7-20-22(10-15)36-27(24(13-29)33-20)17-5-8-21-23(12-17)34-25(14-30)26(35-21)16-4-6-18(31)19(32)11-16/h1-8,10-12,24-32H,9,13-14H2/b2-1+/t24-,25-,26-,27-/m1/s1. The van der Waals surface area contributed by atoms with E-state index in [4.69, 9.17) is 24.1 Å². The highest BCUT2D eigenvalue weighted by molar-refractivity contribution is 5.57. The van der Waals surface area contributed by atoms with Crippen LogP contribution in [0.15, 0.2) is 60.7 Å². The third-order valence-corrected chi connectivity index (χ3v) is 6.11. The van der Waals surface area contributed by atoms with Gasteiger partial charge in [-0.3, -0.25) is 0 Å². The molecule has 5 rings (SSSR count). The summed E-state index contributed by atoms with van der Waals surface area (Å²) in [5.74, 6) is 1.26. The summed E-state index contributed by atoms with van der Waals surface area (Å²) in [6.45, 7) is -0.712. The van der Waals surface area contributed by atoms with Gasteiger partial charge in [-0.05, 0) is 42.0 Å². The summed E-state index contributed by atoms with van der Waals surface area (Å²) in [6, 6.07) is 14.9. The third-order valence-electron chi connectivity index (χ3n) is 6.11. The molecule has 188 valence electrons. The molecule has 0 saturated carbocycles. The molecule has 5 N–H and O–H groups in total. The summed E-state index contributed by atoms with van der Waals surface area (Å²) < 4.78 is 24.3. The lowest BCUT2D eigenvalue weighted by atomic mass is 10.00. The predicted octanol–water partition coefficient (Wildman–Crippen LogP) is 2.85. The van der Waals surface area contributed by atoms with Crippen molar-refractivity contribution in [2.75, 3.05) is 19.8 Å². The van der Waals surface area contributed by atoms with Crippen LogP contribution in [-0.2, 0) is 0 Å². The van der Waals surface area contributed by atoms with Crippen LogP contribution in [0.2, 0.25) is 0 Å². The van der Waals surface area contributed by atoms with Gasteiger partial charge in [0, 0.05) is 11.1 Å². The lowest BCUT2D eigenvalue weighted by Gasteiger charge is -2.36. The smallest absolute Gasteiger partial charge is 0.163 e. The van der Waals surface area contributed by atoms with Crippen LogP contribution >= 0.6 is 0 Å². The molecule has 0 unspecified atom stereocenters. The SMILES string of the molecule is OC/C=C/c1ccc2c(c1)O[C@H](c1ccc3c(c1)O[C@H](CO)[C@@H](c1ccc(O)c(O)c1)O3)[C@@H](CO)O2. The van der Waals surface area contributed by atoms with Crippen molar-refractivity contribution >= 4 is 6.08 Å². The van der Waals surface area contributed by atoms with Gasteiger partial charge in [-0.15, -0.1) is 0 Å². The van der Waals surface area contributed by atoms with Gasteiger partial charge < -0.3 is 44.5 Å². The summed E-state index contributed by atoms with van der Waals surface area (Å²) in [7, 11) is 0. The molecular weight excluding hydrogens is 468 g/mol. The first-order valence-corrected chi connectivity index (χ1v) is 11.5. The molecule has 3 aromatic rings. The van der Waals surface area contributed by atoms with Crippen molar-refractivity contribution in [2.45, 2.75) is 24.4 Å². The van der Waals surface area contributed by atoms with E-state index in [2.05, 4.69) is 0 Å². The number of hydrogen-bond acceptors (Lipinski definition) is 9. The van der Waals surface area contributed by atoms with Crippen molar-refractivity contribution in [1.29, 1.82) is 0 Å². The molecule has 2 heterocycles. The number of aliphatic hydroxyl groups excluding tert-OH is 3. The number of aliphatic hydroxyl groups is 3. The molecule has 3 aromatic carbocycles. The van der Waals surface area contributed by atoms with Crippen molar-refractivity contribution in [3.05, 3.63) is 77.4 Å². The average molecular weight is 494 g/mol. The molecule has 4 atom stereocenters. The van der Waals surface area contributed by atoms with Gasteiger partial charge in [-0.25, -0.2) is 0 Å². The highest BCUT2D eigenvalue weighted by Gasteiger charge is 2.36. The fourth-order valence-electron chi connectivity index (χ4n) is 4.32. The topological polar surface area (TPSA) is 138 Å². The number of phenols is 2. The van der Waals surface area contributed by atoms with E-state index in [1.54, 1.807) is 48.6 Å². The zero-order valence-corrected chi connectivity index (χ0v) is 19.2. The first kappa shape index (κ1) is 23.8.